The van der Waals surface area contributed by atoms with Crippen molar-refractivity contribution in [3.63, 3.8) is 0 Å². The topological polar surface area (TPSA) is 69.8 Å². The molecule has 5 nitrogen and oxygen atoms in total. The molecule has 0 heterocycles. The van der Waals surface area contributed by atoms with Gasteiger partial charge in [0.15, 0.2) is 0 Å². The van der Waals surface area contributed by atoms with E-state index in [2.05, 4.69) is 9.80 Å². The fraction of sp³-hybridized carbons (Fsp3) is 0.917. The number of carboxylic acid groups (broad SMARTS) is 1. The SMILES string of the molecule is CN(CN)CCCCCCN(C)CCC(=O)O. The van der Waals surface area contributed by atoms with E-state index in [0.717, 1.165) is 19.5 Å². The number of rotatable bonds is 11. The number of carbonyl (C=O) groups is 1. The maximum atomic E-state index is 10.4. The van der Waals surface area contributed by atoms with Crippen LogP contribution in [0.5, 0.6) is 0 Å². The van der Waals surface area contributed by atoms with Crippen molar-refractivity contribution >= 4 is 5.97 Å². The van der Waals surface area contributed by atoms with Crippen molar-refractivity contribution in [2.45, 2.75) is 32.1 Å². The van der Waals surface area contributed by atoms with Crippen LogP contribution in [0, 0.1) is 0 Å². The average Bonchev–Trinajstić information content (AvgIpc) is 2.30. The van der Waals surface area contributed by atoms with E-state index in [0.29, 0.717) is 13.2 Å². The Bertz CT molecular complexity index is 200. The lowest BCUT2D eigenvalue weighted by Crippen LogP contribution is -2.26. The van der Waals surface area contributed by atoms with Gasteiger partial charge in [-0.3, -0.25) is 9.69 Å². The molecule has 0 fully saturated rings. The highest BCUT2D eigenvalue weighted by Gasteiger charge is 2.02. The van der Waals surface area contributed by atoms with Gasteiger partial charge in [-0.15, -0.1) is 0 Å². The summed E-state index contributed by atoms with van der Waals surface area (Å²) in [6.45, 7) is 3.31. The summed E-state index contributed by atoms with van der Waals surface area (Å²) in [6, 6.07) is 0. The highest BCUT2D eigenvalue weighted by Crippen LogP contribution is 2.02. The van der Waals surface area contributed by atoms with E-state index in [1.165, 1.54) is 19.3 Å². The van der Waals surface area contributed by atoms with E-state index in [1.807, 2.05) is 14.1 Å². The molecule has 0 spiro atoms. The third-order valence-corrected chi connectivity index (χ3v) is 2.85. The normalized spacial score (nSPS) is 11.4. The number of unbranched alkanes of at least 4 members (excludes halogenated alkanes) is 3. The van der Waals surface area contributed by atoms with Gasteiger partial charge in [0.25, 0.3) is 0 Å². The van der Waals surface area contributed by atoms with Gasteiger partial charge in [0.2, 0.25) is 0 Å². The zero-order valence-electron chi connectivity index (χ0n) is 11.2. The lowest BCUT2D eigenvalue weighted by Gasteiger charge is -2.15. The van der Waals surface area contributed by atoms with Gasteiger partial charge in [0, 0.05) is 13.2 Å². The number of nitrogens with zero attached hydrogens (tertiary/aromatic N) is 2. The smallest absolute Gasteiger partial charge is 0.304 e. The van der Waals surface area contributed by atoms with Crippen LogP contribution in [0.25, 0.3) is 0 Å². The van der Waals surface area contributed by atoms with Crippen LogP contribution >= 0.6 is 0 Å². The summed E-state index contributed by atoms with van der Waals surface area (Å²) >= 11 is 0. The third-order valence-electron chi connectivity index (χ3n) is 2.85. The Balaban J connectivity index is 3.24. The van der Waals surface area contributed by atoms with Gasteiger partial charge < -0.3 is 15.7 Å². The Morgan fingerprint density at radius 3 is 2.00 bits per heavy atom. The monoisotopic (exact) mass is 245 g/mol. The summed E-state index contributed by atoms with van der Waals surface area (Å²) in [5.41, 5.74) is 5.48. The molecular formula is C12H27N3O2. The summed E-state index contributed by atoms with van der Waals surface area (Å²) in [5, 5.41) is 8.54. The fourth-order valence-electron chi connectivity index (χ4n) is 1.61. The molecule has 0 aliphatic heterocycles. The standard InChI is InChI=1S/C12H27N3O2/c1-14(10-7-12(16)17)8-5-3-4-6-9-15(2)11-13/h3-11,13H2,1-2H3,(H,16,17). The minimum Gasteiger partial charge on any atom is -0.481 e. The first-order chi connectivity index (χ1) is 8.06. The van der Waals surface area contributed by atoms with Crippen LogP contribution in [0.4, 0.5) is 0 Å². The van der Waals surface area contributed by atoms with E-state index in [-0.39, 0.29) is 6.42 Å². The van der Waals surface area contributed by atoms with Gasteiger partial charge in [0.1, 0.15) is 0 Å². The maximum Gasteiger partial charge on any atom is 0.304 e. The molecule has 0 saturated carbocycles. The van der Waals surface area contributed by atoms with Crippen LogP contribution in [-0.4, -0.2) is 61.3 Å². The highest BCUT2D eigenvalue weighted by atomic mass is 16.4. The predicted octanol–water partition coefficient (Wildman–Crippen LogP) is 0.801. The quantitative estimate of drug-likeness (QED) is 0.416. The second kappa shape index (κ2) is 10.5. The van der Waals surface area contributed by atoms with E-state index in [1.54, 1.807) is 0 Å². The number of hydrogen-bond acceptors (Lipinski definition) is 4. The lowest BCUT2D eigenvalue weighted by atomic mass is 10.2. The van der Waals surface area contributed by atoms with Gasteiger partial charge in [-0.25, -0.2) is 0 Å². The van der Waals surface area contributed by atoms with Crippen LogP contribution in [0.2, 0.25) is 0 Å². The van der Waals surface area contributed by atoms with Crippen molar-refractivity contribution in [3.05, 3.63) is 0 Å². The van der Waals surface area contributed by atoms with Crippen molar-refractivity contribution in [2.24, 2.45) is 5.73 Å². The summed E-state index contributed by atoms with van der Waals surface area (Å²) in [7, 11) is 4.00. The van der Waals surface area contributed by atoms with Crippen molar-refractivity contribution < 1.29 is 9.90 Å². The van der Waals surface area contributed by atoms with Gasteiger partial charge >= 0.3 is 5.97 Å². The first-order valence-electron chi connectivity index (χ1n) is 6.35. The fourth-order valence-corrected chi connectivity index (χ4v) is 1.61. The van der Waals surface area contributed by atoms with E-state index in [9.17, 15) is 4.79 Å². The van der Waals surface area contributed by atoms with Gasteiger partial charge in [0.05, 0.1) is 6.42 Å². The van der Waals surface area contributed by atoms with E-state index < -0.39 is 5.97 Å². The number of hydrogen-bond donors (Lipinski definition) is 2. The molecule has 0 aromatic heterocycles. The molecule has 0 aromatic rings. The Morgan fingerprint density at radius 2 is 1.53 bits per heavy atom. The molecule has 3 N–H and O–H groups in total. The number of aliphatic carboxylic acids is 1. The van der Waals surface area contributed by atoms with E-state index in [4.69, 9.17) is 10.8 Å². The minimum atomic E-state index is -0.721. The molecule has 0 aromatic carbocycles. The Kier molecular flexibility index (Phi) is 10.1. The second-order valence-corrected chi connectivity index (χ2v) is 4.62. The lowest BCUT2D eigenvalue weighted by molar-refractivity contribution is -0.137. The van der Waals surface area contributed by atoms with Crippen LogP contribution in [0.1, 0.15) is 32.1 Å². The zero-order chi connectivity index (χ0) is 13.1. The van der Waals surface area contributed by atoms with Gasteiger partial charge in [-0.1, -0.05) is 12.8 Å². The highest BCUT2D eigenvalue weighted by molar-refractivity contribution is 5.66. The predicted molar refractivity (Wildman–Crippen MR) is 69.9 cm³/mol. The molecule has 0 unspecified atom stereocenters. The van der Waals surface area contributed by atoms with Crippen molar-refractivity contribution in [1.82, 2.24) is 9.80 Å². The largest absolute Gasteiger partial charge is 0.481 e. The van der Waals surface area contributed by atoms with Crippen LogP contribution < -0.4 is 5.73 Å². The molecule has 0 bridgehead atoms. The van der Waals surface area contributed by atoms with E-state index >= 15 is 0 Å². The summed E-state index contributed by atoms with van der Waals surface area (Å²) < 4.78 is 0. The summed E-state index contributed by atoms with van der Waals surface area (Å²) in [4.78, 5) is 14.6. The Morgan fingerprint density at radius 1 is 1.00 bits per heavy atom. The second-order valence-electron chi connectivity index (χ2n) is 4.62. The molecule has 0 atom stereocenters. The first kappa shape index (κ1) is 16.4. The summed E-state index contributed by atoms with van der Waals surface area (Å²) in [5.74, 6) is -0.721. The van der Waals surface area contributed by atoms with Crippen LogP contribution in [-0.2, 0) is 4.79 Å². The van der Waals surface area contributed by atoms with Crippen molar-refractivity contribution in [1.29, 1.82) is 0 Å². The number of carboxylic acids is 1. The maximum absolute atomic E-state index is 10.4. The Hall–Kier alpha value is -0.650. The molecule has 0 saturated heterocycles. The molecule has 17 heavy (non-hydrogen) atoms. The Labute approximate surface area is 105 Å². The first-order valence-corrected chi connectivity index (χ1v) is 6.35. The molecule has 0 aliphatic carbocycles. The molecule has 0 radical (unpaired) electrons. The average molecular weight is 245 g/mol. The van der Waals surface area contributed by atoms with Gasteiger partial charge in [-0.2, -0.15) is 0 Å². The summed E-state index contributed by atoms with van der Waals surface area (Å²) in [6.07, 6.45) is 4.99. The third kappa shape index (κ3) is 11.6. The van der Waals surface area contributed by atoms with Crippen LogP contribution in [0.15, 0.2) is 0 Å². The van der Waals surface area contributed by atoms with Crippen molar-refractivity contribution in [2.75, 3.05) is 40.4 Å². The molecule has 0 rings (SSSR count). The van der Waals surface area contributed by atoms with Gasteiger partial charge in [-0.05, 0) is 40.0 Å². The molecule has 102 valence electrons. The molecule has 0 amide bonds. The van der Waals surface area contributed by atoms with Crippen molar-refractivity contribution in [3.8, 4) is 0 Å². The molecule has 5 heteroatoms. The minimum absolute atomic E-state index is 0.234. The number of nitrogens with two attached hydrogens (primary N) is 1. The molecular weight excluding hydrogens is 218 g/mol. The molecule has 0 aliphatic rings. The zero-order valence-corrected chi connectivity index (χ0v) is 11.2. The van der Waals surface area contributed by atoms with Crippen LogP contribution in [0.3, 0.4) is 0 Å².